The van der Waals surface area contributed by atoms with E-state index in [0.29, 0.717) is 31.8 Å². The van der Waals surface area contributed by atoms with Gasteiger partial charge >= 0.3 is 0 Å². The highest BCUT2D eigenvalue weighted by Gasteiger charge is 2.45. The third-order valence-corrected chi connectivity index (χ3v) is 7.19. The van der Waals surface area contributed by atoms with Crippen LogP contribution >= 0.6 is 24.8 Å². The summed E-state index contributed by atoms with van der Waals surface area (Å²) in [4.78, 5) is 29.5. The molecule has 0 bridgehead atoms. The fourth-order valence-corrected chi connectivity index (χ4v) is 5.31. The van der Waals surface area contributed by atoms with Gasteiger partial charge in [-0.05, 0) is 88.3 Å². The molecule has 6 nitrogen and oxygen atoms in total. The van der Waals surface area contributed by atoms with Crippen LogP contribution in [0.5, 0.6) is 0 Å². The van der Waals surface area contributed by atoms with Gasteiger partial charge in [-0.15, -0.1) is 24.8 Å². The van der Waals surface area contributed by atoms with Crippen molar-refractivity contribution in [2.45, 2.75) is 50.5 Å². The number of nitrogens with two attached hydrogens (primary N) is 1. The maximum absolute atomic E-state index is 13.0. The number of nitrogens with one attached hydrogen (secondary N) is 1. The van der Waals surface area contributed by atoms with Gasteiger partial charge in [0.05, 0.1) is 0 Å². The number of rotatable bonds is 5. The Labute approximate surface area is 198 Å². The highest BCUT2D eigenvalue weighted by atomic mass is 35.5. The predicted molar refractivity (Wildman–Crippen MR) is 128 cm³/mol. The lowest BCUT2D eigenvalue weighted by Crippen LogP contribution is -2.63. The van der Waals surface area contributed by atoms with Crippen LogP contribution in [-0.2, 0) is 11.2 Å². The minimum atomic E-state index is -0.573. The zero-order valence-electron chi connectivity index (χ0n) is 18.2. The quantitative estimate of drug-likeness (QED) is 0.692. The van der Waals surface area contributed by atoms with Gasteiger partial charge in [-0.25, -0.2) is 0 Å². The van der Waals surface area contributed by atoms with Gasteiger partial charge in [-0.2, -0.15) is 0 Å². The maximum atomic E-state index is 13.0. The van der Waals surface area contributed by atoms with Crippen molar-refractivity contribution < 1.29 is 9.59 Å². The van der Waals surface area contributed by atoms with E-state index in [4.69, 9.17) is 5.73 Å². The molecule has 0 aliphatic carbocycles. The van der Waals surface area contributed by atoms with Gasteiger partial charge in [-0.1, -0.05) is 18.6 Å². The van der Waals surface area contributed by atoms with Crippen LogP contribution in [0.1, 0.15) is 54.4 Å². The van der Waals surface area contributed by atoms with Crippen molar-refractivity contribution in [2.24, 2.45) is 11.7 Å². The number of carbonyl (C=O) groups is 2. The number of hydrogen-bond acceptors (Lipinski definition) is 4. The summed E-state index contributed by atoms with van der Waals surface area (Å²) in [7, 11) is 0. The molecule has 3 saturated heterocycles. The molecule has 1 atom stereocenters. The Hall–Kier alpha value is -1.34. The number of halogens is 2. The SMILES string of the molecule is Cl.Cl.NC(=O)C1(N2CCCCC2)CCN(C(=O)c2ccc(CC3CCNC3)cc2)CC1. The standard InChI is InChI=1S/C23H34N4O2.2ClH/c24-22(29)23(27-12-2-1-3-13-27)9-14-26(15-10-23)21(28)20-6-4-18(5-7-20)16-19-8-11-25-17-19;;/h4-7,19,25H,1-3,8-17H2,(H2,24,29);2*1H. The van der Waals surface area contributed by atoms with Crippen LogP contribution in [0.4, 0.5) is 0 Å². The zero-order chi connectivity index (χ0) is 20.3. The van der Waals surface area contributed by atoms with Crippen LogP contribution in [0.3, 0.4) is 0 Å². The lowest BCUT2D eigenvalue weighted by Gasteiger charge is -2.48. The number of carbonyl (C=O) groups excluding carboxylic acids is 2. The fourth-order valence-electron chi connectivity index (χ4n) is 5.31. The first-order chi connectivity index (χ1) is 14.1. The molecule has 8 heteroatoms. The molecule has 1 unspecified atom stereocenters. The number of amides is 2. The van der Waals surface area contributed by atoms with E-state index >= 15 is 0 Å². The highest BCUT2D eigenvalue weighted by Crippen LogP contribution is 2.32. The van der Waals surface area contributed by atoms with Crippen molar-refractivity contribution in [3.63, 3.8) is 0 Å². The van der Waals surface area contributed by atoms with Gasteiger partial charge in [0.25, 0.3) is 5.91 Å². The lowest BCUT2D eigenvalue weighted by atomic mass is 9.83. The van der Waals surface area contributed by atoms with Gasteiger partial charge in [-0.3, -0.25) is 14.5 Å². The Morgan fingerprint density at radius 2 is 1.65 bits per heavy atom. The Kier molecular flexibility index (Phi) is 9.62. The van der Waals surface area contributed by atoms with Gasteiger partial charge in [0.15, 0.2) is 0 Å². The Balaban J connectivity index is 0.00000171. The van der Waals surface area contributed by atoms with Crippen molar-refractivity contribution in [3.8, 4) is 0 Å². The summed E-state index contributed by atoms with van der Waals surface area (Å²) in [6.45, 7) is 5.26. The second-order valence-electron chi connectivity index (χ2n) is 9.00. The van der Waals surface area contributed by atoms with Gasteiger partial charge in [0.2, 0.25) is 5.91 Å². The summed E-state index contributed by atoms with van der Waals surface area (Å²) in [6.07, 6.45) is 7.06. The molecular formula is C23H36Cl2N4O2. The van der Waals surface area contributed by atoms with Crippen molar-refractivity contribution in [1.29, 1.82) is 0 Å². The molecule has 3 aliphatic rings. The molecule has 3 heterocycles. The van der Waals surface area contributed by atoms with E-state index in [1.54, 1.807) is 0 Å². The molecule has 4 rings (SSSR count). The number of hydrogen-bond donors (Lipinski definition) is 2. The Morgan fingerprint density at radius 3 is 2.19 bits per heavy atom. The van der Waals surface area contributed by atoms with Crippen LogP contribution in [0, 0.1) is 5.92 Å². The molecule has 0 radical (unpaired) electrons. The van der Waals surface area contributed by atoms with E-state index in [1.165, 1.54) is 18.4 Å². The topological polar surface area (TPSA) is 78.7 Å². The van der Waals surface area contributed by atoms with E-state index < -0.39 is 5.54 Å². The molecule has 1 aromatic rings. The second-order valence-corrected chi connectivity index (χ2v) is 9.00. The van der Waals surface area contributed by atoms with E-state index in [-0.39, 0.29) is 36.6 Å². The summed E-state index contributed by atoms with van der Waals surface area (Å²) < 4.78 is 0. The average molecular weight is 471 g/mol. The third kappa shape index (κ3) is 5.72. The van der Waals surface area contributed by atoms with E-state index in [1.807, 2.05) is 17.0 Å². The van der Waals surface area contributed by atoms with Gasteiger partial charge in [0.1, 0.15) is 5.54 Å². The van der Waals surface area contributed by atoms with Crippen molar-refractivity contribution in [3.05, 3.63) is 35.4 Å². The first kappa shape index (κ1) is 25.9. The van der Waals surface area contributed by atoms with Crippen LogP contribution < -0.4 is 11.1 Å². The molecule has 3 N–H and O–H groups in total. The van der Waals surface area contributed by atoms with Crippen LogP contribution in [-0.4, -0.2) is 66.4 Å². The maximum Gasteiger partial charge on any atom is 0.253 e. The zero-order valence-corrected chi connectivity index (χ0v) is 19.8. The average Bonchev–Trinajstić information content (AvgIpc) is 3.27. The highest BCUT2D eigenvalue weighted by molar-refractivity contribution is 5.94. The van der Waals surface area contributed by atoms with Crippen LogP contribution in [0.15, 0.2) is 24.3 Å². The Bertz CT molecular complexity index is 724. The second kappa shape index (κ2) is 11.5. The minimum absolute atomic E-state index is 0. The number of primary amides is 1. The van der Waals surface area contributed by atoms with E-state index in [0.717, 1.165) is 51.0 Å². The summed E-state index contributed by atoms with van der Waals surface area (Å²) in [6, 6.07) is 8.11. The molecule has 31 heavy (non-hydrogen) atoms. The molecule has 0 spiro atoms. The smallest absolute Gasteiger partial charge is 0.253 e. The molecule has 0 aromatic heterocycles. The summed E-state index contributed by atoms with van der Waals surface area (Å²) >= 11 is 0. The molecule has 1 aromatic carbocycles. The van der Waals surface area contributed by atoms with Crippen LogP contribution in [0.25, 0.3) is 0 Å². The van der Waals surface area contributed by atoms with E-state index in [2.05, 4.69) is 22.3 Å². The van der Waals surface area contributed by atoms with Gasteiger partial charge < -0.3 is 16.0 Å². The largest absolute Gasteiger partial charge is 0.368 e. The monoisotopic (exact) mass is 470 g/mol. The first-order valence-electron chi connectivity index (χ1n) is 11.2. The molecule has 2 amide bonds. The number of nitrogens with zero attached hydrogens (tertiary/aromatic N) is 2. The number of likely N-dealkylation sites (tertiary alicyclic amines) is 2. The fraction of sp³-hybridized carbons (Fsp3) is 0.652. The first-order valence-corrected chi connectivity index (χ1v) is 11.2. The Morgan fingerprint density at radius 1 is 1.00 bits per heavy atom. The lowest BCUT2D eigenvalue weighted by molar-refractivity contribution is -0.134. The van der Waals surface area contributed by atoms with Crippen LogP contribution in [0.2, 0.25) is 0 Å². The summed E-state index contributed by atoms with van der Waals surface area (Å²) in [5.74, 6) is 0.545. The molecule has 0 saturated carbocycles. The van der Waals surface area contributed by atoms with E-state index in [9.17, 15) is 9.59 Å². The van der Waals surface area contributed by atoms with Crippen molar-refractivity contribution in [1.82, 2.24) is 15.1 Å². The molecule has 174 valence electrons. The summed E-state index contributed by atoms with van der Waals surface area (Å²) in [5, 5.41) is 3.41. The van der Waals surface area contributed by atoms with Crippen molar-refractivity contribution in [2.75, 3.05) is 39.3 Å². The molecular weight excluding hydrogens is 435 g/mol. The van der Waals surface area contributed by atoms with Gasteiger partial charge in [0, 0.05) is 18.7 Å². The third-order valence-electron chi connectivity index (χ3n) is 7.19. The molecule has 3 fully saturated rings. The number of benzene rings is 1. The minimum Gasteiger partial charge on any atom is -0.368 e. The summed E-state index contributed by atoms with van der Waals surface area (Å²) in [5.41, 5.74) is 7.32. The molecule has 3 aliphatic heterocycles. The van der Waals surface area contributed by atoms with Crippen molar-refractivity contribution >= 4 is 36.6 Å². The normalized spacial score (nSPS) is 23.5. The number of piperidine rings is 2. The predicted octanol–water partition coefficient (Wildman–Crippen LogP) is 2.63.